The summed E-state index contributed by atoms with van der Waals surface area (Å²) in [7, 11) is 1.72. The monoisotopic (exact) mass is 477 g/mol. The zero-order valence-corrected chi connectivity index (χ0v) is 21.9. The van der Waals surface area contributed by atoms with E-state index in [1.165, 1.54) is 0 Å². The van der Waals surface area contributed by atoms with E-state index in [0.29, 0.717) is 24.2 Å². The smallest absolute Gasteiger partial charge is 0.160 e. The van der Waals surface area contributed by atoms with Crippen LogP contribution >= 0.6 is 0 Å². The van der Waals surface area contributed by atoms with Crippen LogP contribution in [-0.4, -0.2) is 54.2 Å². The molecule has 1 aliphatic heterocycles. The first-order valence-corrected chi connectivity index (χ1v) is 13.9. The van der Waals surface area contributed by atoms with Gasteiger partial charge in [-0.2, -0.15) is 0 Å². The molecule has 5 rings (SSSR count). The molecule has 0 aromatic heterocycles. The number of hydrogen-bond acceptors (Lipinski definition) is 6. The molecule has 3 N–H and O–H groups in total. The maximum atomic E-state index is 12.4. The van der Waals surface area contributed by atoms with Gasteiger partial charge in [-0.15, -0.1) is 0 Å². The normalized spacial score (nSPS) is 55.2. The van der Waals surface area contributed by atoms with Crippen molar-refractivity contribution in [2.45, 2.75) is 128 Å². The standard InChI is InChI=1S/C28H47NO5/c1-16(30)20-10-13-28(31)22-7-6-18-14-19(34-24-15-23(32-5)25(29)17(2)33-24)8-11-26(18,3)21(22)9-12-27(20,28)4/h17-25,31H,6-15,29H2,1-5H3/t17-,18+,19+,20-,21+,22-,23-,24+,25-,26+,27-,28+/m1/s1. The first kappa shape index (κ1) is 25.1. The number of carbonyl (C=O) groups excluding carboxylic acids is 1. The van der Waals surface area contributed by atoms with E-state index in [9.17, 15) is 9.90 Å². The highest BCUT2D eigenvalue weighted by Gasteiger charge is 2.67. The van der Waals surface area contributed by atoms with Crippen molar-refractivity contribution in [3.8, 4) is 0 Å². The molecule has 0 spiro atoms. The highest BCUT2D eigenvalue weighted by atomic mass is 16.7. The Bertz CT molecular complexity index is 791. The lowest BCUT2D eigenvalue weighted by atomic mass is 9.43. The highest BCUT2D eigenvalue weighted by molar-refractivity contribution is 5.80. The topological polar surface area (TPSA) is 91.0 Å². The second kappa shape index (κ2) is 8.79. The van der Waals surface area contributed by atoms with Gasteiger partial charge in [-0.1, -0.05) is 13.8 Å². The molecule has 5 fully saturated rings. The fraction of sp³-hybridized carbons (Fsp3) is 0.964. The predicted octanol–water partition coefficient (Wildman–Crippen LogP) is 4.21. The van der Waals surface area contributed by atoms with Crippen LogP contribution in [0.5, 0.6) is 0 Å². The number of ether oxygens (including phenoxy) is 3. The number of hydrogen-bond donors (Lipinski definition) is 2. The second-order valence-corrected chi connectivity index (χ2v) is 13.0. The first-order chi connectivity index (χ1) is 16.0. The summed E-state index contributed by atoms with van der Waals surface area (Å²) in [6.45, 7) is 8.44. The van der Waals surface area contributed by atoms with Crippen molar-refractivity contribution in [1.29, 1.82) is 0 Å². The summed E-state index contributed by atoms with van der Waals surface area (Å²) in [4.78, 5) is 12.4. The third kappa shape index (κ3) is 3.65. The highest BCUT2D eigenvalue weighted by Crippen LogP contribution is 2.69. The van der Waals surface area contributed by atoms with Crippen LogP contribution in [0.2, 0.25) is 0 Å². The van der Waals surface area contributed by atoms with E-state index < -0.39 is 5.60 Å². The second-order valence-electron chi connectivity index (χ2n) is 13.0. The van der Waals surface area contributed by atoms with E-state index in [-0.39, 0.29) is 53.2 Å². The lowest BCUT2D eigenvalue weighted by molar-refractivity contribution is -0.255. The van der Waals surface area contributed by atoms with E-state index in [4.69, 9.17) is 19.9 Å². The lowest BCUT2D eigenvalue weighted by Crippen LogP contribution is -2.62. The number of nitrogens with two attached hydrogens (primary N) is 1. The molecule has 1 saturated heterocycles. The first-order valence-electron chi connectivity index (χ1n) is 13.9. The number of Topliss-reactive ketones (excluding diaryl/α,β-unsaturated/α-hetero) is 1. The molecule has 0 amide bonds. The van der Waals surface area contributed by atoms with Gasteiger partial charge >= 0.3 is 0 Å². The molecular weight excluding hydrogens is 430 g/mol. The van der Waals surface area contributed by atoms with Crippen molar-refractivity contribution in [3.05, 3.63) is 0 Å². The fourth-order valence-corrected chi connectivity index (χ4v) is 9.55. The molecule has 34 heavy (non-hydrogen) atoms. The average molecular weight is 478 g/mol. The maximum Gasteiger partial charge on any atom is 0.160 e. The molecule has 194 valence electrons. The van der Waals surface area contributed by atoms with Gasteiger partial charge in [0.15, 0.2) is 6.29 Å². The largest absolute Gasteiger partial charge is 0.389 e. The predicted molar refractivity (Wildman–Crippen MR) is 130 cm³/mol. The third-order valence-electron chi connectivity index (χ3n) is 11.7. The minimum Gasteiger partial charge on any atom is -0.389 e. The number of aliphatic hydroxyl groups is 1. The summed E-state index contributed by atoms with van der Waals surface area (Å²) < 4.78 is 18.2. The number of methoxy groups -OCH3 is 1. The number of fused-ring (bicyclic) bond motifs is 5. The van der Waals surface area contributed by atoms with Crippen LogP contribution < -0.4 is 5.73 Å². The molecule has 4 aliphatic carbocycles. The van der Waals surface area contributed by atoms with Crippen molar-refractivity contribution in [3.63, 3.8) is 0 Å². The van der Waals surface area contributed by atoms with Gasteiger partial charge in [0.2, 0.25) is 0 Å². The summed E-state index contributed by atoms with van der Waals surface area (Å²) >= 11 is 0. The van der Waals surface area contributed by atoms with Crippen LogP contribution in [0.4, 0.5) is 0 Å². The summed E-state index contributed by atoms with van der Waals surface area (Å²) in [6.07, 6.45) is 9.80. The molecule has 6 heteroatoms. The fourth-order valence-electron chi connectivity index (χ4n) is 9.55. The number of ketones is 1. The Balaban J connectivity index is 1.27. The van der Waals surface area contributed by atoms with Gasteiger partial charge in [0.25, 0.3) is 0 Å². The zero-order valence-electron chi connectivity index (χ0n) is 21.9. The van der Waals surface area contributed by atoms with Crippen LogP contribution in [0.3, 0.4) is 0 Å². The van der Waals surface area contributed by atoms with Crippen LogP contribution in [-0.2, 0) is 19.0 Å². The van der Waals surface area contributed by atoms with Crippen molar-refractivity contribution in [2.75, 3.05) is 7.11 Å². The summed E-state index contributed by atoms with van der Waals surface area (Å²) in [6, 6.07) is -0.115. The Morgan fingerprint density at radius 2 is 1.79 bits per heavy atom. The minimum absolute atomic E-state index is 0.0232. The van der Waals surface area contributed by atoms with Gasteiger partial charge in [-0.25, -0.2) is 0 Å². The van der Waals surface area contributed by atoms with Crippen LogP contribution in [0, 0.1) is 34.5 Å². The number of carbonyl (C=O) groups is 1. The third-order valence-corrected chi connectivity index (χ3v) is 11.7. The molecule has 0 unspecified atom stereocenters. The van der Waals surface area contributed by atoms with Crippen molar-refractivity contribution in [2.24, 2.45) is 40.2 Å². The van der Waals surface area contributed by atoms with Gasteiger partial charge in [0.05, 0.1) is 30.0 Å². The summed E-state index contributed by atoms with van der Waals surface area (Å²) in [5.41, 5.74) is 5.54. The Kier molecular flexibility index (Phi) is 6.50. The Morgan fingerprint density at radius 1 is 1.03 bits per heavy atom. The van der Waals surface area contributed by atoms with Crippen molar-refractivity contribution >= 4 is 5.78 Å². The van der Waals surface area contributed by atoms with E-state index in [1.54, 1.807) is 14.0 Å². The number of rotatable bonds is 4. The molecule has 1 heterocycles. The van der Waals surface area contributed by atoms with Crippen LogP contribution in [0.1, 0.15) is 91.9 Å². The van der Waals surface area contributed by atoms with Gasteiger partial charge in [-0.3, -0.25) is 4.79 Å². The van der Waals surface area contributed by atoms with E-state index >= 15 is 0 Å². The Labute approximate surface area is 205 Å². The Morgan fingerprint density at radius 3 is 2.50 bits per heavy atom. The zero-order chi connectivity index (χ0) is 24.5. The van der Waals surface area contributed by atoms with Gasteiger partial charge in [0, 0.05) is 24.9 Å². The van der Waals surface area contributed by atoms with Crippen LogP contribution in [0.25, 0.3) is 0 Å². The van der Waals surface area contributed by atoms with E-state index in [2.05, 4.69) is 13.8 Å². The molecule has 0 radical (unpaired) electrons. The molecule has 12 atom stereocenters. The molecule has 0 bridgehead atoms. The van der Waals surface area contributed by atoms with Crippen molar-refractivity contribution < 1.29 is 24.1 Å². The van der Waals surface area contributed by atoms with E-state index in [1.807, 2.05) is 6.92 Å². The molecule has 0 aromatic rings. The average Bonchev–Trinajstić information content (AvgIpc) is 3.07. The molecular formula is C28H47NO5. The minimum atomic E-state index is -0.687. The van der Waals surface area contributed by atoms with Gasteiger partial charge < -0.3 is 25.1 Å². The molecule has 5 aliphatic rings. The van der Waals surface area contributed by atoms with Crippen LogP contribution in [0.15, 0.2) is 0 Å². The van der Waals surface area contributed by atoms with Gasteiger partial charge in [-0.05, 0) is 94.8 Å². The molecule has 4 saturated carbocycles. The maximum absolute atomic E-state index is 12.4. The Hall–Kier alpha value is -0.530. The van der Waals surface area contributed by atoms with Crippen molar-refractivity contribution in [1.82, 2.24) is 0 Å². The SMILES string of the molecule is CO[C@@H]1C[C@H](O[C@H]2CC[C@@]3(C)[C@@H](CC[C@@H]4[C@@H]3CC[C@]3(C)[C@@H](C(C)=O)CC[C@]43O)C2)O[C@H](C)[C@H]1N. The molecule has 6 nitrogen and oxygen atoms in total. The van der Waals surface area contributed by atoms with E-state index in [0.717, 1.165) is 57.8 Å². The lowest BCUT2D eigenvalue weighted by Gasteiger charge is -2.63. The quantitative estimate of drug-likeness (QED) is 0.590. The summed E-state index contributed by atoms with van der Waals surface area (Å²) in [5, 5.41) is 12.1. The molecule has 0 aromatic carbocycles. The summed E-state index contributed by atoms with van der Waals surface area (Å²) in [5.74, 6) is 1.77. The van der Waals surface area contributed by atoms with Gasteiger partial charge in [0.1, 0.15) is 5.78 Å².